The van der Waals surface area contributed by atoms with Crippen molar-refractivity contribution in [2.45, 2.75) is 51.4 Å². The lowest BCUT2D eigenvalue weighted by Crippen LogP contribution is -2.46. The van der Waals surface area contributed by atoms with Crippen LogP contribution in [0.15, 0.2) is 89.2 Å². The van der Waals surface area contributed by atoms with Crippen LogP contribution < -0.4 is 0 Å². The lowest BCUT2D eigenvalue weighted by Gasteiger charge is -2.41. The summed E-state index contributed by atoms with van der Waals surface area (Å²) in [6, 6.07) is 16.7. The van der Waals surface area contributed by atoms with Gasteiger partial charge in [0.15, 0.2) is 0 Å². The number of nitrogens with zero attached hydrogens (tertiary/aromatic N) is 1. The molecule has 2 aliphatic heterocycles. The van der Waals surface area contributed by atoms with Crippen LogP contribution in [0.25, 0.3) is 0 Å². The summed E-state index contributed by atoms with van der Waals surface area (Å²) in [7, 11) is 0. The van der Waals surface area contributed by atoms with Gasteiger partial charge in [-0.1, -0.05) is 55.8 Å². The SMILES string of the molecule is CC(CCCCc1ccc(F)cc1)C1=CC(O)(O)C2=C3CN(Cc4ccccc4)CCC3C(=O)OC2=C1.Cl. The molecule has 1 fully saturated rings. The molecule has 2 atom stereocenters. The summed E-state index contributed by atoms with van der Waals surface area (Å²) in [5.41, 5.74) is 4.11. The van der Waals surface area contributed by atoms with E-state index in [9.17, 15) is 19.4 Å². The first kappa shape index (κ1) is 28.2. The number of allylic oxidation sites excluding steroid dienone is 2. The lowest BCUT2D eigenvalue weighted by atomic mass is 9.78. The number of likely N-dealkylation sites (tertiary alicyclic amines) is 1. The summed E-state index contributed by atoms with van der Waals surface area (Å²) in [6.45, 7) is 4.01. The van der Waals surface area contributed by atoms with Gasteiger partial charge in [-0.2, -0.15) is 0 Å². The number of benzene rings is 2. The average Bonchev–Trinajstić information content (AvgIpc) is 2.87. The Morgan fingerprint density at radius 3 is 2.55 bits per heavy atom. The van der Waals surface area contributed by atoms with Gasteiger partial charge in [-0.3, -0.25) is 9.69 Å². The minimum atomic E-state index is -2.19. The third-order valence-electron chi connectivity index (χ3n) is 7.73. The standard InChI is InChI=1S/C31H34FNO4.ClH/c1-21(7-5-6-8-22-11-13-25(32)14-12-22)24-17-28-29(31(35,36)18-24)27-20-33(16-15-26(27)30(34)37-28)19-23-9-3-2-4-10-23;/h2-4,9-14,17-18,21,26,35-36H,5-8,15-16,19-20H2,1H3;1H. The van der Waals surface area contributed by atoms with E-state index < -0.39 is 11.7 Å². The third kappa shape index (κ3) is 6.26. The Hall–Kier alpha value is -2.77. The monoisotopic (exact) mass is 539 g/mol. The zero-order chi connectivity index (χ0) is 26.0. The van der Waals surface area contributed by atoms with Crippen LogP contribution in [0.3, 0.4) is 0 Å². The quantitative estimate of drug-likeness (QED) is 0.264. The maximum Gasteiger partial charge on any atom is 0.318 e. The van der Waals surface area contributed by atoms with Gasteiger partial charge in [-0.05, 0) is 84.7 Å². The molecule has 2 aromatic rings. The van der Waals surface area contributed by atoms with Crippen molar-refractivity contribution in [3.8, 4) is 0 Å². The summed E-state index contributed by atoms with van der Waals surface area (Å²) in [5.74, 6) is -2.86. The fourth-order valence-corrected chi connectivity index (χ4v) is 5.69. The van der Waals surface area contributed by atoms with Gasteiger partial charge in [0.25, 0.3) is 0 Å². The van der Waals surface area contributed by atoms with Gasteiger partial charge in [0.1, 0.15) is 11.6 Å². The van der Waals surface area contributed by atoms with Gasteiger partial charge in [-0.25, -0.2) is 4.39 Å². The van der Waals surface area contributed by atoms with Gasteiger partial charge in [0.2, 0.25) is 5.79 Å². The van der Waals surface area contributed by atoms with Gasteiger partial charge in [0, 0.05) is 13.1 Å². The largest absolute Gasteiger partial charge is 0.426 e. The Morgan fingerprint density at radius 2 is 1.82 bits per heavy atom. The second-order valence-corrected chi connectivity index (χ2v) is 10.5. The van der Waals surface area contributed by atoms with Crippen LogP contribution in [0.2, 0.25) is 0 Å². The molecule has 3 aliphatic rings. The molecular formula is C31H35ClFNO4. The number of piperidine rings is 1. The van der Waals surface area contributed by atoms with Crippen molar-refractivity contribution in [1.29, 1.82) is 0 Å². The Labute approximate surface area is 229 Å². The van der Waals surface area contributed by atoms with Crippen molar-refractivity contribution in [2.75, 3.05) is 13.1 Å². The molecule has 7 heteroatoms. The highest BCUT2D eigenvalue weighted by atomic mass is 35.5. The molecule has 1 aliphatic carbocycles. The van der Waals surface area contributed by atoms with E-state index in [-0.39, 0.29) is 35.9 Å². The number of fused-ring (bicyclic) bond motifs is 2. The van der Waals surface area contributed by atoms with Crippen molar-refractivity contribution in [1.82, 2.24) is 4.90 Å². The second-order valence-electron chi connectivity index (χ2n) is 10.5. The maximum atomic E-state index is 13.1. The third-order valence-corrected chi connectivity index (χ3v) is 7.73. The summed E-state index contributed by atoms with van der Waals surface area (Å²) in [6.07, 6.45) is 7.51. The molecule has 2 aromatic carbocycles. The number of hydrogen-bond acceptors (Lipinski definition) is 5. The van der Waals surface area contributed by atoms with Gasteiger partial charge >= 0.3 is 5.97 Å². The molecule has 0 aromatic heterocycles. The highest BCUT2D eigenvalue weighted by Gasteiger charge is 2.46. The summed E-state index contributed by atoms with van der Waals surface area (Å²) < 4.78 is 18.8. The van der Waals surface area contributed by atoms with Crippen LogP contribution in [0.1, 0.15) is 43.7 Å². The number of halogens is 2. The van der Waals surface area contributed by atoms with Crippen LogP contribution in [-0.2, 0) is 22.5 Å². The highest BCUT2D eigenvalue weighted by Crippen LogP contribution is 2.44. The number of esters is 1. The number of rotatable bonds is 8. The number of ether oxygens (including phenoxy) is 1. The summed E-state index contributed by atoms with van der Waals surface area (Å²) >= 11 is 0. The van der Waals surface area contributed by atoms with Crippen LogP contribution in [0.4, 0.5) is 4.39 Å². The van der Waals surface area contributed by atoms with E-state index in [2.05, 4.69) is 17.0 Å². The summed E-state index contributed by atoms with van der Waals surface area (Å²) in [4.78, 5) is 15.1. The first-order valence-electron chi connectivity index (χ1n) is 13.2. The Balaban J connectivity index is 0.00000336. The zero-order valence-corrected chi connectivity index (χ0v) is 22.4. The van der Waals surface area contributed by atoms with E-state index in [4.69, 9.17) is 4.74 Å². The van der Waals surface area contributed by atoms with Gasteiger partial charge < -0.3 is 14.9 Å². The van der Waals surface area contributed by atoms with Crippen molar-refractivity contribution >= 4 is 18.4 Å². The van der Waals surface area contributed by atoms with Crippen molar-refractivity contribution < 1.29 is 24.1 Å². The van der Waals surface area contributed by atoms with Gasteiger partial charge in [0.05, 0.1) is 11.5 Å². The smallest absolute Gasteiger partial charge is 0.318 e. The minimum Gasteiger partial charge on any atom is -0.426 e. The molecule has 2 unspecified atom stereocenters. The van der Waals surface area contributed by atoms with Crippen LogP contribution in [0.5, 0.6) is 0 Å². The first-order chi connectivity index (χ1) is 17.8. The molecule has 2 N–H and O–H groups in total. The topological polar surface area (TPSA) is 70.0 Å². The molecule has 0 radical (unpaired) electrons. The number of carbonyl (C=O) groups is 1. The Morgan fingerprint density at radius 1 is 1.08 bits per heavy atom. The Bertz CT molecular complexity index is 1240. The fraction of sp³-hybridized carbons (Fsp3) is 0.387. The molecule has 2 heterocycles. The molecule has 38 heavy (non-hydrogen) atoms. The molecule has 0 amide bonds. The highest BCUT2D eigenvalue weighted by molar-refractivity contribution is 5.85. The van der Waals surface area contributed by atoms with E-state index in [1.54, 1.807) is 0 Å². The molecule has 0 spiro atoms. The number of aryl methyl sites for hydroxylation is 1. The molecule has 1 saturated heterocycles. The molecule has 0 saturated carbocycles. The number of hydrogen-bond donors (Lipinski definition) is 2. The van der Waals surface area contributed by atoms with Crippen LogP contribution in [-0.4, -0.2) is 40.0 Å². The first-order valence-corrected chi connectivity index (χ1v) is 13.2. The van der Waals surface area contributed by atoms with E-state index >= 15 is 0 Å². The molecule has 5 nitrogen and oxygen atoms in total. The lowest BCUT2D eigenvalue weighted by molar-refractivity contribution is -0.147. The fourth-order valence-electron chi connectivity index (χ4n) is 5.69. The van der Waals surface area contributed by atoms with Crippen LogP contribution in [0, 0.1) is 17.7 Å². The number of unbranched alkanes of at least 4 members (excludes halogenated alkanes) is 1. The minimum absolute atomic E-state index is 0. The predicted octanol–water partition coefficient (Wildman–Crippen LogP) is 5.48. The zero-order valence-electron chi connectivity index (χ0n) is 21.6. The molecular weight excluding hydrogens is 505 g/mol. The van der Waals surface area contributed by atoms with Crippen molar-refractivity contribution in [3.63, 3.8) is 0 Å². The predicted molar refractivity (Wildman–Crippen MR) is 147 cm³/mol. The normalized spacial score (nSPS) is 21.4. The molecule has 202 valence electrons. The maximum absolute atomic E-state index is 13.1. The number of carbonyl (C=O) groups excluding carboxylic acids is 1. The second kappa shape index (κ2) is 12.0. The Kier molecular flexibility index (Phi) is 8.89. The van der Waals surface area contributed by atoms with E-state index in [1.165, 1.54) is 23.8 Å². The van der Waals surface area contributed by atoms with E-state index in [0.717, 1.165) is 55.5 Å². The average molecular weight is 540 g/mol. The molecule has 0 bridgehead atoms. The van der Waals surface area contributed by atoms with Crippen molar-refractivity contribution in [3.05, 3.63) is 106 Å². The van der Waals surface area contributed by atoms with E-state index in [0.29, 0.717) is 18.5 Å². The van der Waals surface area contributed by atoms with Gasteiger partial charge in [-0.15, -0.1) is 12.4 Å². The number of aliphatic hydroxyl groups is 2. The van der Waals surface area contributed by atoms with E-state index in [1.807, 2.05) is 43.3 Å². The van der Waals surface area contributed by atoms with Crippen LogP contribution >= 0.6 is 12.4 Å². The van der Waals surface area contributed by atoms with Crippen molar-refractivity contribution in [2.24, 2.45) is 11.8 Å². The molecule has 5 rings (SSSR count). The summed E-state index contributed by atoms with van der Waals surface area (Å²) in [5, 5.41) is 22.3.